The van der Waals surface area contributed by atoms with E-state index in [1.807, 2.05) is 0 Å². The Balaban J connectivity index is 1.10. The molecule has 0 saturated carbocycles. The van der Waals surface area contributed by atoms with Gasteiger partial charge < -0.3 is 4.57 Å². The lowest BCUT2D eigenvalue weighted by molar-refractivity contribution is 0.662. The van der Waals surface area contributed by atoms with E-state index in [4.69, 9.17) is 9.97 Å². The maximum atomic E-state index is 5.55. The predicted octanol–water partition coefficient (Wildman–Crippen LogP) is 13.0. The predicted molar refractivity (Wildman–Crippen MR) is 229 cm³/mol. The molecule has 0 saturated heterocycles. The normalized spacial score (nSPS) is 13.4. The summed E-state index contributed by atoms with van der Waals surface area (Å²) >= 11 is 0. The van der Waals surface area contributed by atoms with Gasteiger partial charge in [0.25, 0.3) is 0 Å². The van der Waals surface area contributed by atoms with Gasteiger partial charge in [0.15, 0.2) is 0 Å². The minimum Gasteiger partial charge on any atom is -0.309 e. The van der Waals surface area contributed by atoms with Crippen molar-refractivity contribution in [3.63, 3.8) is 0 Å². The third-order valence-electron chi connectivity index (χ3n) is 12.1. The molecule has 0 atom stereocenters. The van der Waals surface area contributed by atoms with Crippen LogP contribution < -0.4 is 0 Å². The van der Waals surface area contributed by atoms with Crippen molar-refractivity contribution >= 4 is 65.3 Å². The van der Waals surface area contributed by atoms with Crippen LogP contribution in [-0.2, 0) is 5.41 Å². The number of aromatic nitrogens is 4. The summed E-state index contributed by atoms with van der Waals surface area (Å²) in [5, 5.41) is 8.30. The maximum absolute atomic E-state index is 5.55. The van der Waals surface area contributed by atoms with Crippen LogP contribution in [0.1, 0.15) is 25.0 Å². The summed E-state index contributed by atoms with van der Waals surface area (Å²) in [5.41, 5.74) is 13.9. The highest BCUT2D eigenvalue weighted by Gasteiger charge is 2.38. The highest BCUT2D eigenvalue weighted by Crippen LogP contribution is 2.52. The molecule has 0 bridgehead atoms. The fourth-order valence-corrected chi connectivity index (χ4v) is 9.67. The Morgan fingerprint density at radius 1 is 0.418 bits per heavy atom. The molecular formula is C51H34N4. The van der Waals surface area contributed by atoms with Crippen molar-refractivity contribution in [2.75, 3.05) is 0 Å². The molecule has 258 valence electrons. The average Bonchev–Trinajstić information content (AvgIpc) is 3.82. The second-order valence-electron chi connectivity index (χ2n) is 15.4. The van der Waals surface area contributed by atoms with E-state index >= 15 is 0 Å². The fraction of sp³-hybridized carbons (Fsp3) is 0.0588. The van der Waals surface area contributed by atoms with Crippen molar-refractivity contribution < 1.29 is 0 Å². The number of rotatable bonds is 3. The first-order chi connectivity index (χ1) is 27.0. The second kappa shape index (κ2) is 11.0. The number of hydrogen-bond donors (Lipinski definition) is 0. The summed E-state index contributed by atoms with van der Waals surface area (Å²) in [6, 6.07) is 61.5. The maximum Gasteiger partial charge on any atom is 0.235 e. The molecule has 4 nitrogen and oxygen atoms in total. The largest absolute Gasteiger partial charge is 0.309 e. The van der Waals surface area contributed by atoms with Crippen LogP contribution in [0.5, 0.6) is 0 Å². The van der Waals surface area contributed by atoms with E-state index in [0.717, 1.165) is 38.9 Å². The van der Waals surface area contributed by atoms with Crippen LogP contribution in [-0.4, -0.2) is 19.1 Å². The molecule has 8 aromatic carbocycles. The third kappa shape index (κ3) is 4.17. The van der Waals surface area contributed by atoms with Crippen molar-refractivity contribution in [3.05, 3.63) is 181 Å². The molecule has 1 aliphatic rings. The van der Waals surface area contributed by atoms with Gasteiger partial charge in [-0.25, -0.2) is 9.97 Å². The summed E-state index contributed by atoms with van der Waals surface area (Å²) in [7, 11) is 0. The van der Waals surface area contributed by atoms with Gasteiger partial charge in [-0.05, 0) is 81.6 Å². The number of hydrogen-bond acceptors (Lipinski definition) is 2. The van der Waals surface area contributed by atoms with Crippen LogP contribution >= 0.6 is 0 Å². The molecule has 0 unspecified atom stereocenters. The van der Waals surface area contributed by atoms with Gasteiger partial charge in [-0.1, -0.05) is 135 Å². The number of fused-ring (bicyclic) bond motifs is 11. The summed E-state index contributed by atoms with van der Waals surface area (Å²) in [4.78, 5) is 10.9. The molecule has 11 aromatic rings. The van der Waals surface area contributed by atoms with Crippen LogP contribution in [0.3, 0.4) is 0 Å². The van der Waals surface area contributed by atoms with Gasteiger partial charge in [0, 0.05) is 43.6 Å². The number of nitrogens with zero attached hydrogens (tertiary/aromatic N) is 4. The Kier molecular flexibility index (Phi) is 6.09. The van der Waals surface area contributed by atoms with Crippen LogP contribution in [0, 0.1) is 0 Å². The number of para-hydroxylation sites is 4. The van der Waals surface area contributed by atoms with Crippen LogP contribution in [0.25, 0.3) is 99.3 Å². The molecule has 12 rings (SSSR count). The summed E-state index contributed by atoms with van der Waals surface area (Å²) in [6.45, 7) is 4.69. The second-order valence-corrected chi connectivity index (χ2v) is 15.4. The standard InChI is InChI=1S/C51H34N4/c1-51(2)42-21-8-3-14-34(42)38-19-13-20-40(48(38)51)49-39-18-4-9-22-43(39)52-50(53-49)55-46-25-12-7-17-37(46)41-29-32-28-33(27-26-31(32)30-47(41)55)54-44-23-10-5-15-35(44)36-16-6-11-24-45(36)54/h3-30H,1-2H3. The molecule has 0 radical (unpaired) electrons. The van der Waals surface area contributed by atoms with Crippen LogP contribution in [0.15, 0.2) is 170 Å². The molecule has 0 spiro atoms. The van der Waals surface area contributed by atoms with Gasteiger partial charge in [0.2, 0.25) is 5.95 Å². The molecule has 4 heteroatoms. The molecule has 1 aliphatic carbocycles. The first-order valence-corrected chi connectivity index (χ1v) is 19.0. The van der Waals surface area contributed by atoms with E-state index in [1.165, 1.54) is 65.6 Å². The van der Waals surface area contributed by atoms with Crippen molar-refractivity contribution in [2.24, 2.45) is 0 Å². The third-order valence-corrected chi connectivity index (χ3v) is 12.1. The summed E-state index contributed by atoms with van der Waals surface area (Å²) in [6.07, 6.45) is 0. The minimum absolute atomic E-state index is 0.182. The Morgan fingerprint density at radius 2 is 1.02 bits per heavy atom. The fourth-order valence-electron chi connectivity index (χ4n) is 9.67. The Morgan fingerprint density at radius 3 is 1.78 bits per heavy atom. The van der Waals surface area contributed by atoms with Gasteiger partial charge in [-0.2, -0.15) is 0 Å². The monoisotopic (exact) mass is 702 g/mol. The van der Waals surface area contributed by atoms with Crippen molar-refractivity contribution in [2.45, 2.75) is 19.3 Å². The van der Waals surface area contributed by atoms with Gasteiger partial charge >= 0.3 is 0 Å². The number of benzene rings is 8. The SMILES string of the molecule is CC1(C)c2ccccc2-c2cccc(-c3nc(-n4c5ccccc5c5cc6cc(-n7c8ccccc8c8ccccc87)ccc6cc54)nc4ccccc34)c21. The van der Waals surface area contributed by atoms with E-state index in [1.54, 1.807) is 0 Å². The zero-order valence-corrected chi connectivity index (χ0v) is 30.5. The Hall–Kier alpha value is -7.04. The zero-order chi connectivity index (χ0) is 36.4. The lowest BCUT2D eigenvalue weighted by Gasteiger charge is -2.24. The molecular weight excluding hydrogens is 669 g/mol. The smallest absolute Gasteiger partial charge is 0.235 e. The molecule has 3 aromatic heterocycles. The first-order valence-electron chi connectivity index (χ1n) is 19.0. The van der Waals surface area contributed by atoms with Crippen LogP contribution in [0.4, 0.5) is 0 Å². The van der Waals surface area contributed by atoms with Crippen LogP contribution in [0.2, 0.25) is 0 Å². The van der Waals surface area contributed by atoms with Gasteiger partial charge in [0.05, 0.1) is 33.3 Å². The highest BCUT2D eigenvalue weighted by molar-refractivity contribution is 6.14. The van der Waals surface area contributed by atoms with Crippen molar-refractivity contribution in [1.82, 2.24) is 19.1 Å². The molecule has 0 aliphatic heterocycles. The minimum atomic E-state index is -0.182. The molecule has 3 heterocycles. The highest BCUT2D eigenvalue weighted by atomic mass is 15.2. The molecule has 0 N–H and O–H groups in total. The Labute approximate surface area is 317 Å². The van der Waals surface area contributed by atoms with Crippen molar-refractivity contribution in [3.8, 4) is 34.0 Å². The lowest BCUT2D eigenvalue weighted by atomic mass is 9.79. The van der Waals surface area contributed by atoms with Crippen molar-refractivity contribution in [1.29, 1.82) is 0 Å². The summed E-state index contributed by atoms with van der Waals surface area (Å²) < 4.78 is 4.66. The average molecular weight is 703 g/mol. The quantitative estimate of drug-likeness (QED) is 0.184. The Bertz CT molecular complexity index is 3360. The van der Waals surface area contributed by atoms with Gasteiger partial charge in [0.1, 0.15) is 0 Å². The van der Waals surface area contributed by atoms with E-state index < -0.39 is 0 Å². The van der Waals surface area contributed by atoms with E-state index in [9.17, 15) is 0 Å². The van der Waals surface area contributed by atoms with E-state index in [0.29, 0.717) is 5.95 Å². The molecule has 55 heavy (non-hydrogen) atoms. The topological polar surface area (TPSA) is 35.6 Å². The van der Waals surface area contributed by atoms with Gasteiger partial charge in [-0.3, -0.25) is 4.57 Å². The molecule has 0 fully saturated rings. The first kappa shape index (κ1) is 30.4. The van der Waals surface area contributed by atoms with Gasteiger partial charge in [-0.15, -0.1) is 0 Å². The zero-order valence-electron chi connectivity index (χ0n) is 30.5. The summed E-state index contributed by atoms with van der Waals surface area (Å²) in [5.74, 6) is 0.673. The van der Waals surface area contributed by atoms with E-state index in [2.05, 4.69) is 193 Å². The molecule has 0 amide bonds. The lowest BCUT2D eigenvalue weighted by Crippen LogP contribution is -2.16. The van der Waals surface area contributed by atoms with E-state index in [-0.39, 0.29) is 5.41 Å².